The van der Waals surface area contributed by atoms with Gasteiger partial charge in [-0.05, 0) is 30.3 Å². The molecule has 0 spiro atoms. The maximum atomic E-state index is 15.3. The largest absolute Gasteiger partial charge is 0.343 e. The highest BCUT2D eigenvalue weighted by atomic mass is 32.2. The van der Waals surface area contributed by atoms with Crippen molar-refractivity contribution in [3.63, 3.8) is 0 Å². The number of anilines is 1. The summed E-state index contributed by atoms with van der Waals surface area (Å²) in [5.41, 5.74) is -2.10. The van der Waals surface area contributed by atoms with Crippen molar-refractivity contribution in [2.45, 2.75) is 4.90 Å². The van der Waals surface area contributed by atoms with Crippen LogP contribution in [0.1, 0.15) is 0 Å². The van der Waals surface area contributed by atoms with Crippen molar-refractivity contribution in [1.82, 2.24) is 20.2 Å². The van der Waals surface area contributed by atoms with Gasteiger partial charge in [0, 0.05) is 23.3 Å². The zero-order valence-electron chi connectivity index (χ0n) is 17.2. The molecule has 0 atom stereocenters. The maximum Gasteiger partial charge on any atom is 0.265 e. The first-order chi connectivity index (χ1) is 16.7. The Kier molecular flexibility index (Phi) is 5.28. The van der Waals surface area contributed by atoms with E-state index in [1.807, 2.05) is 0 Å². The SMILES string of the molecule is O=S(=O)(Nc1ccc(F)c(-c2ccc3c(-c4ncc[nH]4)n[nH]c3c2F)c1F)c1cccc(F)c1F. The Balaban J connectivity index is 1.60. The first kappa shape index (κ1) is 22.5. The quantitative estimate of drug-likeness (QED) is 0.289. The van der Waals surface area contributed by atoms with Crippen LogP contribution in [0.2, 0.25) is 0 Å². The fourth-order valence-electron chi connectivity index (χ4n) is 3.59. The molecule has 0 bridgehead atoms. The van der Waals surface area contributed by atoms with Gasteiger partial charge in [0.15, 0.2) is 29.1 Å². The van der Waals surface area contributed by atoms with E-state index in [0.29, 0.717) is 18.0 Å². The minimum Gasteiger partial charge on any atom is -0.343 e. The molecule has 5 rings (SSSR count). The number of fused-ring (bicyclic) bond motifs is 1. The van der Waals surface area contributed by atoms with E-state index in [-0.39, 0.29) is 16.6 Å². The monoisotopic (exact) mass is 505 g/mol. The second-order valence-corrected chi connectivity index (χ2v) is 8.95. The lowest BCUT2D eigenvalue weighted by Gasteiger charge is -2.14. The fraction of sp³-hybridized carbons (Fsp3) is 0. The van der Waals surface area contributed by atoms with Crippen LogP contribution in [0.3, 0.4) is 0 Å². The van der Waals surface area contributed by atoms with Crippen molar-refractivity contribution in [3.8, 4) is 22.6 Å². The predicted octanol–water partition coefficient (Wildman–Crippen LogP) is 5.12. The Bertz CT molecular complexity index is 1700. The summed E-state index contributed by atoms with van der Waals surface area (Å²) in [4.78, 5) is 5.76. The first-order valence-electron chi connectivity index (χ1n) is 9.80. The number of hydrogen-bond donors (Lipinski definition) is 3. The van der Waals surface area contributed by atoms with Gasteiger partial charge in [-0.25, -0.2) is 35.4 Å². The van der Waals surface area contributed by atoms with Crippen molar-refractivity contribution in [2.24, 2.45) is 0 Å². The third-order valence-corrected chi connectivity index (χ3v) is 6.59. The number of rotatable bonds is 5. The molecular weight excluding hydrogens is 493 g/mol. The average molecular weight is 505 g/mol. The Morgan fingerprint density at radius 1 is 0.857 bits per heavy atom. The number of halogens is 5. The number of nitrogens with one attached hydrogen (secondary N) is 3. The number of hydrogen-bond acceptors (Lipinski definition) is 4. The van der Waals surface area contributed by atoms with E-state index >= 15 is 8.78 Å². The van der Waals surface area contributed by atoms with Gasteiger partial charge in [0.25, 0.3) is 10.0 Å². The van der Waals surface area contributed by atoms with Crippen molar-refractivity contribution in [3.05, 3.63) is 83.9 Å². The summed E-state index contributed by atoms with van der Waals surface area (Å²) in [6.07, 6.45) is 3.00. The minimum absolute atomic E-state index is 0.166. The van der Waals surface area contributed by atoms with Crippen LogP contribution in [0.15, 0.2) is 59.8 Å². The molecule has 0 saturated heterocycles. The fourth-order valence-corrected chi connectivity index (χ4v) is 4.74. The molecule has 0 aliphatic carbocycles. The third kappa shape index (κ3) is 3.69. The van der Waals surface area contributed by atoms with Crippen LogP contribution in [-0.2, 0) is 10.0 Å². The Hall–Kier alpha value is -4.26. The summed E-state index contributed by atoms with van der Waals surface area (Å²) in [5.74, 6) is -6.48. The minimum atomic E-state index is -4.82. The predicted molar refractivity (Wildman–Crippen MR) is 116 cm³/mol. The van der Waals surface area contributed by atoms with E-state index in [0.717, 1.165) is 24.3 Å². The van der Waals surface area contributed by atoms with E-state index in [2.05, 4.69) is 20.2 Å². The van der Waals surface area contributed by atoms with E-state index in [4.69, 9.17) is 0 Å². The molecule has 0 saturated carbocycles. The number of aromatic nitrogens is 4. The van der Waals surface area contributed by atoms with Gasteiger partial charge in [-0.15, -0.1) is 0 Å². The van der Waals surface area contributed by atoms with Crippen LogP contribution >= 0.6 is 0 Å². The number of H-pyrrole nitrogens is 2. The highest BCUT2D eigenvalue weighted by Gasteiger charge is 2.26. The molecule has 35 heavy (non-hydrogen) atoms. The second kappa shape index (κ2) is 8.20. The molecule has 3 N–H and O–H groups in total. The number of sulfonamides is 1. The Morgan fingerprint density at radius 2 is 1.66 bits per heavy atom. The topological polar surface area (TPSA) is 104 Å². The summed E-state index contributed by atoms with van der Waals surface area (Å²) in [6, 6.07) is 6.35. The van der Waals surface area contributed by atoms with E-state index in [1.54, 1.807) is 4.72 Å². The molecule has 2 heterocycles. The van der Waals surface area contributed by atoms with E-state index < -0.39 is 60.8 Å². The van der Waals surface area contributed by atoms with Gasteiger partial charge in [0.1, 0.15) is 21.9 Å². The van der Waals surface area contributed by atoms with E-state index in [9.17, 15) is 21.6 Å². The Labute approximate surface area is 193 Å². The standard InChI is InChI=1S/C22H12F5N5O2S/c23-12-6-7-14(32-35(33,34)15-3-1-2-13(24)18(15)26)19(27)16(12)10-4-5-11-20(17(10)25)30-31-21(11)22-28-8-9-29-22/h1-9,32H,(H,28,29)(H,30,31). The van der Waals surface area contributed by atoms with Crippen LogP contribution in [0, 0.1) is 29.1 Å². The molecule has 0 radical (unpaired) electrons. The van der Waals surface area contributed by atoms with Crippen LogP contribution in [0.5, 0.6) is 0 Å². The molecule has 0 unspecified atom stereocenters. The summed E-state index contributed by atoms with van der Waals surface area (Å²) in [7, 11) is -4.82. The van der Waals surface area contributed by atoms with Gasteiger partial charge in [-0.2, -0.15) is 5.10 Å². The normalized spacial score (nSPS) is 11.8. The molecule has 178 valence electrons. The van der Waals surface area contributed by atoms with Gasteiger partial charge in [0.05, 0.1) is 11.3 Å². The summed E-state index contributed by atoms with van der Waals surface area (Å²) in [6.45, 7) is 0. The van der Waals surface area contributed by atoms with Crippen LogP contribution in [-0.4, -0.2) is 28.6 Å². The molecule has 2 aromatic heterocycles. The van der Waals surface area contributed by atoms with Gasteiger partial charge in [0.2, 0.25) is 0 Å². The van der Waals surface area contributed by atoms with Crippen molar-refractivity contribution < 1.29 is 30.4 Å². The number of imidazole rings is 1. The molecule has 0 aliphatic heterocycles. The highest BCUT2D eigenvalue weighted by molar-refractivity contribution is 7.92. The average Bonchev–Trinajstić information content (AvgIpc) is 3.49. The summed E-state index contributed by atoms with van der Waals surface area (Å²) >= 11 is 0. The van der Waals surface area contributed by atoms with E-state index in [1.165, 1.54) is 18.5 Å². The van der Waals surface area contributed by atoms with Gasteiger partial charge in [-0.3, -0.25) is 9.82 Å². The zero-order chi connectivity index (χ0) is 24.9. The molecule has 3 aromatic carbocycles. The highest BCUT2D eigenvalue weighted by Crippen LogP contribution is 2.37. The van der Waals surface area contributed by atoms with Crippen molar-refractivity contribution in [1.29, 1.82) is 0 Å². The maximum absolute atomic E-state index is 15.3. The molecule has 5 aromatic rings. The molecule has 0 fully saturated rings. The molecule has 7 nitrogen and oxygen atoms in total. The van der Waals surface area contributed by atoms with Gasteiger partial charge < -0.3 is 4.98 Å². The molecule has 0 aliphatic rings. The number of aromatic amines is 2. The molecule has 13 heteroatoms. The lowest BCUT2D eigenvalue weighted by molar-refractivity contribution is 0.485. The zero-order valence-corrected chi connectivity index (χ0v) is 18.0. The van der Waals surface area contributed by atoms with Crippen LogP contribution < -0.4 is 4.72 Å². The number of benzene rings is 3. The first-order valence-corrected chi connectivity index (χ1v) is 11.3. The third-order valence-electron chi connectivity index (χ3n) is 5.21. The lowest BCUT2D eigenvalue weighted by atomic mass is 10.0. The summed E-state index contributed by atoms with van der Waals surface area (Å²) in [5, 5.41) is 6.73. The molecular formula is C22H12F5N5O2S. The van der Waals surface area contributed by atoms with Crippen LogP contribution in [0.25, 0.3) is 33.5 Å². The van der Waals surface area contributed by atoms with Crippen molar-refractivity contribution in [2.75, 3.05) is 4.72 Å². The molecule has 0 amide bonds. The van der Waals surface area contributed by atoms with Crippen molar-refractivity contribution >= 4 is 26.6 Å². The Morgan fingerprint density at radius 3 is 2.40 bits per heavy atom. The van der Waals surface area contributed by atoms with Gasteiger partial charge >= 0.3 is 0 Å². The lowest BCUT2D eigenvalue weighted by Crippen LogP contribution is -2.16. The number of nitrogens with zero attached hydrogens (tertiary/aromatic N) is 2. The second-order valence-electron chi connectivity index (χ2n) is 7.30. The van der Waals surface area contributed by atoms with Crippen LogP contribution in [0.4, 0.5) is 27.6 Å². The summed E-state index contributed by atoms with van der Waals surface area (Å²) < 4.78 is 99.6. The smallest absolute Gasteiger partial charge is 0.265 e. The van der Waals surface area contributed by atoms with Gasteiger partial charge in [-0.1, -0.05) is 12.1 Å².